The Bertz CT molecular complexity index is 659. The Morgan fingerprint density at radius 1 is 1.15 bits per heavy atom. The van der Waals surface area contributed by atoms with E-state index in [1.54, 1.807) is 42.5 Å². The van der Waals surface area contributed by atoms with Crippen molar-refractivity contribution in [3.8, 4) is 6.07 Å². The van der Waals surface area contributed by atoms with Crippen LogP contribution in [0.25, 0.3) is 0 Å². The molecule has 0 aliphatic heterocycles. The van der Waals surface area contributed by atoms with Crippen LogP contribution in [0.3, 0.4) is 0 Å². The van der Waals surface area contributed by atoms with Crippen molar-refractivity contribution < 1.29 is 9.59 Å². The summed E-state index contributed by atoms with van der Waals surface area (Å²) in [4.78, 5) is 23.8. The average molecular weight is 285 g/mol. The van der Waals surface area contributed by atoms with Crippen LogP contribution >= 0.6 is 11.3 Å². The highest BCUT2D eigenvalue weighted by atomic mass is 32.1. The number of amides is 2. The summed E-state index contributed by atoms with van der Waals surface area (Å²) in [6, 6.07) is 12.1. The SMILES string of the molecule is N#CCC(=O)Nc1cccc(NC(=O)c2cccs2)c1. The molecule has 2 aromatic rings. The molecule has 1 heterocycles. The van der Waals surface area contributed by atoms with Crippen molar-refractivity contribution in [2.45, 2.75) is 6.42 Å². The van der Waals surface area contributed by atoms with Gasteiger partial charge in [0.15, 0.2) is 0 Å². The minimum atomic E-state index is -0.380. The molecule has 6 heteroatoms. The molecule has 0 radical (unpaired) electrons. The molecule has 2 N–H and O–H groups in total. The van der Waals surface area contributed by atoms with Gasteiger partial charge in [0, 0.05) is 11.4 Å². The molecule has 0 aliphatic rings. The van der Waals surface area contributed by atoms with E-state index in [1.165, 1.54) is 11.3 Å². The number of hydrogen-bond donors (Lipinski definition) is 2. The van der Waals surface area contributed by atoms with Crippen LogP contribution < -0.4 is 10.6 Å². The number of anilines is 2. The zero-order valence-electron chi connectivity index (χ0n) is 10.4. The Balaban J connectivity index is 2.05. The molecule has 20 heavy (non-hydrogen) atoms. The van der Waals surface area contributed by atoms with E-state index in [-0.39, 0.29) is 18.2 Å². The Morgan fingerprint density at radius 2 is 1.90 bits per heavy atom. The predicted octanol–water partition coefficient (Wildman–Crippen LogP) is 2.85. The van der Waals surface area contributed by atoms with Crippen molar-refractivity contribution in [1.82, 2.24) is 0 Å². The van der Waals surface area contributed by atoms with Gasteiger partial charge in [-0.05, 0) is 29.6 Å². The monoisotopic (exact) mass is 285 g/mol. The Kier molecular flexibility index (Phi) is 4.47. The topological polar surface area (TPSA) is 82.0 Å². The van der Waals surface area contributed by atoms with Gasteiger partial charge in [-0.15, -0.1) is 11.3 Å². The molecule has 1 aromatic carbocycles. The van der Waals surface area contributed by atoms with Crippen LogP contribution in [-0.4, -0.2) is 11.8 Å². The summed E-state index contributed by atoms with van der Waals surface area (Å²) in [5, 5.41) is 15.6. The first-order chi connectivity index (χ1) is 9.69. The number of benzene rings is 1. The summed E-state index contributed by atoms with van der Waals surface area (Å²) >= 11 is 1.35. The van der Waals surface area contributed by atoms with Crippen molar-refractivity contribution in [3.05, 3.63) is 46.7 Å². The van der Waals surface area contributed by atoms with Gasteiger partial charge >= 0.3 is 0 Å². The largest absolute Gasteiger partial charge is 0.325 e. The molecule has 0 atom stereocenters. The van der Waals surface area contributed by atoms with Crippen LogP contribution in [0.2, 0.25) is 0 Å². The van der Waals surface area contributed by atoms with E-state index in [4.69, 9.17) is 5.26 Å². The van der Waals surface area contributed by atoms with E-state index in [0.29, 0.717) is 16.3 Å². The molecule has 0 unspecified atom stereocenters. The smallest absolute Gasteiger partial charge is 0.265 e. The van der Waals surface area contributed by atoms with Crippen LogP contribution in [0, 0.1) is 11.3 Å². The van der Waals surface area contributed by atoms with E-state index in [1.807, 2.05) is 5.38 Å². The van der Waals surface area contributed by atoms with E-state index < -0.39 is 0 Å². The van der Waals surface area contributed by atoms with E-state index in [9.17, 15) is 9.59 Å². The highest BCUT2D eigenvalue weighted by Crippen LogP contribution is 2.17. The van der Waals surface area contributed by atoms with Gasteiger partial charge in [0.1, 0.15) is 6.42 Å². The summed E-state index contributed by atoms with van der Waals surface area (Å²) in [6.45, 7) is 0. The standard InChI is InChI=1S/C14H11N3O2S/c15-7-6-13(18)16-10-3-1-4-11(9-10)17-14(19)12-5-2-8-20-12/h1-5,8-9H,6H2,(H,16,18)(H,17,19). The lowest BCUT2D eigenvalue weighted by atomic mass is 10.2. The van der Waals surface area contributed by atoms with Crippen LogP contribution in [0.4, 0.5) is 11.4 Å². The molecule has 0 spiro atoms. The highest BCUT2D eigenvalue weighted by molar-refractivity contribution is 7.12. The number of carbonyl (C=O) groups is 2. The van der Waals surface area contributed by atoms with Crippen molar-refractivity contribution in [2.75, 3.05) is 10.6 Å². The first kappa shape index (κ1) is 13.8. The molecule has 0 fully saturated rings. The third-order valence-electron chi connectivity index (χ3n) is 2.39. The van der Waals surface area contributed by atoms with Crippen molar-refractivity contribution in [1.29, 1.82) is 5.26 Å². The Morgan fingerprint density at radius 3 is 2.55 bits per heavy atom. The average Bonchev–Trinajstić information content (AvgIpc) is 2.93. The molecular formula is C14H11N3O2S. The second-order valence-corrected chi connectivity index (χ2v) is 4.84. The highest BCUT2D eigenvalue weighted by Gasteiger charge is 2.07. The van der Waals surface area contributed by atoms with Crippen molar-refractivity contribution >= 4 is 34.5 Å². The number of nitrogens with one attached hydrogen (secondary N) is 2. The van der Waals surface area contributed by atoms with Gasteiger partial charge in [0.2, 0.25) is 5.91 Å². The maximum Gasteiger partial charge on any atom is 0.265 e. The minimum Gasteiger partial charge on any atom is -0.325 e. The number of carbonyl (C=O) groups excluding carboxylic acids is 2. The van der Waals surface area contributed by atoms with Gasteiger partial charge in [-0.3, -0.25) is 9.59 Å². The van der Waals surface area contributed by atoms with Gasteiger partial charge < -0.3 is 10.6 Å². The van der Waals surface area contributed by atoms with Gasteiger partial charge in [0.25, 0.3) is 5.91 Å². The molecule has 0 bridgehead atoms. The van der Waals surface area contributed by atoms with Crippen LogP contribution in [0.15, 0.2) is 41.8 Å². The molecule has 2 amide bonds. The third kappa shape index (κ3) is 3.67. The molecular weight excluding hydrogens is 274 g/mol. The summed E-state index contributed by atoms with van der Waals surface area (Å²) in [6.07, 6.45) is -0.203. The fourth-order valence-corrected chi connectivity index (χ4v) is 2.17. The molecule has 0 saturated carbocycles. The van der Waals surface area contributed by atoms with Crippen molar-refractivity contribution in [2.24, 2.45) is 0 Å². The zero-order valence-corrected chi connectivity index (χ0v) is 11.2. The van der Waals surface area contributed by atoms with Crippen molar-refractivity contribution in [3.63, 3.8) is 0 Å². The van der Waals surface area contributed by atoms with Gasteiger partial charge in [-0.25, -0.2) is 0 Å². The van der Waals surface area contributed by atoms with Crippen LogP contribution in [0.5, 0.6) is 0 Å². The first-order valence-corrected chi connectivity index (χ1v) is 6.69. The fourth-order valence-electron chi connectivity index (χ4n) is 1.55. The van der Waals surface area contributed by atoms with Crippen LogP contribution in [0.1, 0.15) is 16.1 Å². The summed E-state index contributed by atoms with van der Waals surface area (Å²) in [5.41, 5.74) is 1.12. The fraction of sp³-hybridized carbons (Fsp3) is 0.0714. The van der Waals surface area contributed by atoms with E-state index in [2.05, 4.69) is 10.6 Å². The third-order valence-corrected chi connectivity index (χ3v) is 3.26. The van der Waals surface area contributed by atoms with Gasteiger partial charge in [-0.2, -0.15) is 5.26 Å². The number of nitriles is 1. The molecule has 100 valence electrons. The lowest BCUT2D eigenvalue weighted by Gasteiger charge is -2.07. The Labute approximate surface area is 119 Å². The lowest BCUT2D eigenvalue weighted by molar-refractivity contribution is -0.115. The Hall–Kier alpha value is -2.65. The lowest BCUT2D eigenvalue weighted by Crippen LogP contribution is -2.12. The summed E-state index contributed by atoms with van der Waals surface area (Å²) in [5.74, 6) is -0.574. The molecule has 0 aliphatic carbocycles. The number of thiophene rings is 1. The molecule has 2 rings (SSSR count). The maximum atomic E-state index is 11.9. The van der Waals surface area contributed by atoms with Crippen LogP contribution in [-0.2, 0) is 4.79 Å². The van der Waals surface area contributed by atoms with E-state index in [0.717, 1.165) is 0 Å². The molecule has 5 nitrogen and oxygen atoms in total. The zero-order chi connectivity index (χ0) is 14.4. The number of rotatable bonds is 4. The molecule has 0 saturated heterocycles. The van der Waals surface area contributed by atoms with E-state index >= 15 is 0 Å². The maximum absolute atomic E-state index is 11.9. The summed E-state index contributed by atoms with van der Waals surface area (Å²) < 4.78 is 0. The second-order valence-electron chi connectivity index (χ2n) is 3.90. The quantitative estimate of drug-likeness (QED) is 0.906. The second kappa shape index (κ2) is 6.50. The minimum absolute atomic E-state index is 0.194. The number of hydrogen-bond acceptors (Lipinski definition) is 4. The normalized spacial score (nSPS) is 9.55. The summed E-state index contributed by atoms with van der Waals surface area (Å²) in [7, 11) is 0. The molecule has 1 aromatic heterocycles. The first-order valence-electron chi connectivity index (χ1n) is 5.81. The predicted molar refractivity (Wildman–Crippen MR) is 77.6 cm³/mol. The van der Waals surface area contributed by atoms with Gasteiger partial charge in [-0.1, -0.05) is 12.1 Å². The van der Waals surface area contributed by atoms with Gasteiger partial charge in [0.05, 0.1) is 10.9 Å². The number of nitrogens with zero attached hydrogens (tertiary/aromatic N) is 1.